The van der Waals surface area contributed by atoms with E-state index in [1.54, 1.807) is 24.5 Å². The van der Waals surface area contributed by atoms with Gasteiger partial charge in [0.25, 0.3) is 0 Å². The molecule has 0 spiro atoms. The largest absolute Gasteiger partial charge is 0.457 e. The normalized spacial score (nSPS) is 10.2. The Labute approximate surface area is 112 Å². The number of rotatable bonds is 3. The maximum atomic E-state index is 12.0. The van der Waals surface area contributed by atoms with Crippen molar-refractivity contribution in [2.75, 3.05) is 5.73 Å². The number of anilines is 1. The maximum Gasteiger partial charge on any atom is 0.338 e. The fourth-order valence-electron chi connectivity index (χ4n) is 1.80. The van der Waals surface area contributed by atoms with Crippen LogP contribution in [-0.2, 0) is 11.3 Å². The summed E-state index contributed by atoms with van der Waals surface area (Å²) < 4.78 is 5.26. The molecular weight excluding hydrogens is 240 g/mol. The molecule has 2 rings (SSSR count). The van der Waals surface area contributed by atoms with Crippen molar-refractivity contribution in [2.24, 2.45) is 0 Å². The Hall–Kier alpha value is -2.36. The van der Waals surface area contributed by atoms with Crippen LogP contribution in [0.3, 0.4) is 0 Å². The molecule has 0 saturated carbocycles. The summed E-state index contributed by atoms with van der Waals surface area (Å²) in [6, 6.07) is 7.21. The first kappa shape index (κ1) is 13.1. The number of hydrogen-bond donors (Lipinski definition) is 1. The number of aryl methyl sites for hydroxylation is 2. The fourth-order valence-corrected chi connectivity index (χ4v) is 1.80. The number of nitrogens with two attached hydrogens (primary N) is 1. The Kier molecular flexibility index (Phi) is 3.80. The number of aromatic nitrogens is 1. The second-order valence-electron chi connectivity index (χ2n) is 4.46. The van der Waals surface area contributed by atoms with Gasteiger partial charge in [-0.15, -0.1) is 0 Å². The third kappa shape index (κ3) is 3.10. The molecule has 1 heterocycles. The van der Waals surface area contributed by atoms with Gasteiger partial charge in [-0.1, -0.05) is 12.1 Å². The van der Waals surface area contributed by atoms with E-state index in [0.29, 0.717) is 11.3 Å². The summed E-state index contributed by atoms with van der Waals surface area (Å²) in [6.45, 7) is 3.99. The first-order valence-corrected chi connectivity index (χ1v) is 6.00. The molecule has 0 bridgehead atoms. The van der Waals surface area contributed by atoms with Gasteiger partial charge in [0.05, 0.1) is 5.56 Å². The molecule has 98 valence electrons. The number of carbonyl (C=O) groups excluding carboxylic acids is 1. The SMILES string of the molecule is Cc1cc(C)c(C(=O)OCc2cccnc2)cc1N. The topological polar surface area (TPSA) is 65.2 Å². The van der Waals surface area contributed by atoms with Crippen molar-refractivity contribution < 1.29 is 9.53 Å². The Morgan fingerprint density at radius 1 is 1.32 bits per heavy atom. The van der Waals surface area contributed by atoms with Crippen molar-refractivity contribution in [3.8, 4) is 0 Å². The number of pyridine rings is 1. The molecule has 0 aliphatic heterocycles. The van der Waals surface area contributed by atoms with Gasteiger partial charge in [0, 0.05) is 23.6 Å². The van der Waals surface area contributed by atoms with Crippen LogP contribution in [0, 0.1) is 13.8 Å². The highest BCUT2D eigenvalue weighted by atomic mass is 16.5. The molecule has 0 amide bonds. The molecule has 2 N–H and O–H groups in total. The molecule has 19 heavy (non-hydrogen) atoms. The standard InChI is InChI=1S/C15H16N2O2/c1-10-6-11(2)14(16)7-13(10)15(18)19-9-12-4-3-5-17-8-12/h3-8H,9,16H2,1-2H3. The van der Waals surface area contributed by atoms with Gasteiger partial charge in [0.2, 0.25) is 0 Å². The number of benzene rings is 1. The third-order valence-electron chi connectivity index (χ3n) is 2.93. The van der Waals surface area contributed by atoms with E-state index < -0.39 is 0 Å². The van der Waals surface area contributed by atoms with E-state index in [1.165, 1.54) is 0 Å². The number of nitrogen functional groups attached to an aromatic ring is 1. The molecule has 4 nitrogen and oxygen atoms in total. The van der Waals surface area contributed by atoms with Crippen molar-refractivity contribution in [3.63, 3.8) is 0 Å². The number of carbonyl (C=O) groups is 1. The molecule has 2 aromatic rings. The van der Waals surface area contributed by atoms with Crippen LogP contribution in [0.4, 0.5) is 5.69 Å². The minimum absolute atomic E-state index is 0.208. The lowest BCUT2D eigenvalue weighted by atomic mass is 10.0. The highest BCUT2D eigenvalue weighted by molar-refractivity contribution is 5.92. The maximum absolute atomic E-state index is 12.0. The van der Waals surface area contributed by atoms with E-state index in [2.05, 4.69) is 4.98 Å². The van der Waals surface area contributed by atoms with Gasteiger partial charge in [-0.2, -0.15) is 0 Å². The predicted octanol–water partition coefficient (Wildman–Crippen LogP) is 2.64. The minimum Gasteiger partial charge on any atom is -0.457 e. The van der Waals surface area contributed by atoms with Crippen LogP contribution >= 0.6 is 0 Å². The Morgan fingerprint density at radius 3 is 2.79 bits per heavy atom. The lowest BCUT2D eigenvalue weighted by Gasteiger charge is -2.09. The molecule has 0 fully saturated rings. The predicted molar refractivity (Wildman–Crippen MR) is 73.7 cm³/mol. The molecule has 0 unspecified atom stereocenters. The van der Waals surface area contributed by atoms with Crippen LogP contribution in [0.1, 0.15) is 27.0 Å². The molecule has 0 aliphatic rings. The molecule has 1 aromatic carbocycles. The van der Waals surface area contributed by atoms with E-state index in [1.807, 2.05) is 26.0 Å². The zero-order valence-corrected chi connectivity index (χ0v) is 11.0. The van der Waals surface area contributed by atoms with Crippen LogP contribution in [0.25, 0.3) is 0 Å². The molecule has 0 aliphatic carbocycles. The van der Waals surface area contributed by atoms with Crippen molar-refractivity contribution in [1.29, 1.82) is 0 Å². The molecule has 1 aromatic heterocycles. The van der Waals surface area contributed by atoms with Gasteiger partial charge in [0.1, 0.15) is 6.61 Å². The monoisotopic (exact) mass is 256 g/mol. The first-order valence-electron chi connectivity index (χ1n) is 6.00. The van der Waals surface area contributed by atoms with Gasteiger partial charge in [0.15, 0.2) is 0 Å². The first-order chi connectivity index (χ1) is 9.08. The molecule has 0 atom stereocenters. The van der Waals surface area contributed by atoms with Crippen LogP contribution < -0.4 is 5.73 Å². The Balaban J connectivity index is 2.10. The third-order valence-corrected chi connectivity index (χ3v) is 2.93. The number of ether oxygens (including phenoxy) is 1. The van der Waals surface area contributed by atoms with Gasteiger partial charge < -0.3 is 10.5 Å². The second-order valence-corrected chi connectivity index (χ2v) is 4.46. The Bertz CT molecular complexity index is 595. The summed E-state index contributed by atoms with van der Waals surface area (Å²) >= 11 is 0. The Morgan fingerprint density at radius 2 is 2.11 bits per heavy atom. The summed E-state index contributed by atoms with van der Waals surface area (Å²) in [7, 11) is 0. The lowest BCUT2D eigenvalue weighted by molar-refractivity contribution is 0.0471. The van der Waals surface area contributed by atoms with Crippen molar-refractivity contribution >= 4 is 11.7 Å². The minimum atomic E-state index is -0.368. The second kappa shape index (κ2) is 5.52. The molecule has 4 heteroatoms. The molecule has 0 radical (unpaired) electrons. The lowest BCUT2D eigenvalue weighted by Crippen LogP contribution is -2.08. The average molecular weight is 256 g/mol. The summed E-state index contributed by atoms with van der Waals surface area (Å²) in [5.74, 6) is -0.368. The number of esters is 1. The van der Waals surface area contributed by atoms with E-state index in [0.717, 1.165) is 16.7 Å². The van der Waals surface area contributed by atoms with Gasteiger partial charge >= 0.3 is 5.97 Å². The summed E-state index contributed by atoms with van der Waals surface area (Å²) in [5.41, 5.74) is 9.60. The highest BCUT2D eigenvalue weighted by Gasteiger charge is 2.12. The van der Waals surface area contributed by atoms with E-state index in [4.69, 9.17) is 10.5 Å². The van der Waals surface area contributed by atoms with Crippen LogP contribution in [0.2, 0.25) is 0 Å². The van der Waals surface area contributed by atoms with Crippen molar-refractivity contribution in [1.82, 2.24) is 4.98 Å². The van der Waals surface area contributed by atoms with Crippen molar-refractivity contribution in [2.45, 2.75) is 20.5 Å². The quantitative estimate of drug-likeness (QED) is 0.677. The zero-order valence-electron chi connectivity index (χ0n) is 11.0. The molecular formula is C15H16N2O2. The molecule has 0 saturated heterocycles. The number of hydrogen-bond acceptors (Lipinski definition) is 4. The van der Waals surface area contributed by atoms with E-state index in [9.17, 15) is 4.79 Å². The van der Waals surface area contributed by atoms with Crippen LogP contribution in [0.15, 0.2) is 36.7 Å². The smallest absolute Gasteiger partial charge is 0.338 e. The summed E-state index contributed by atoms with van der Waals surface area (Å²) in [5, 5.41) is 0. The number of nitrogens with zero attached hydrogens (tertiary/aromatic N) is 1. The van der Waals surface area contributed by atoms with E-state index in [-0.39, 0.29) is 12.6 Å². The van der Waals surface area contributed by atoms with Crippen LogP contribution in [0.5, 0.6) is 0 Å². The zero-order chi connectivity index (χ0) is 13.8. The van der Waals surface area contributed by atoms with E-state index >= 15 is 0 Å². The van der Waals surface area contributed by atoms with Gasteiger partial charge in [-0.25, -0.2) is 4.79 Å². The van der Waals surface area contributed by atoms with Crippen LogP contribution in [-0.4, -0.2) is 11.0 Å². The average Bonchev–Trinajstić information content (AvgIpc) is 2.41. The van der Waals surface area contributed by atoms with Gasteiger partial charge in [-0.05, 0) is 37.1 Å². The summed E-state index contributed by atoms with van der Waals surface area (Å²) in [6.07, 6.45) is 3.35. The highest BCUT2D eigenvalue weighted by Crippen LogP contribution is 2.19. The fraction of sp³-hybridized carbons (Fsp3) is 0.200. The summed E-state index contributed by atoms with van der Waals surface area (Å²) in [4.78, 5) is 16.0. The van der Waals surface area contributed by atoms with Gasteiger partial charge in [-0.3, -0.25) is 4.98 Å². The van der Waals surface area contributed by atoms with Crippen molar-refractivity contribution in [3.05, 3.63) is 58.9 Å².